The molecule has 174 valence electrons. The van der Waals surface area contributed by atoms with Gasteiger partial charge in [0.2, 0.25) is 11.9 Å². The van der Waals surface area contributed by atoms with Gasteiger partial charge in [0.1, 0.15) is 11.9 Å². The highest BCUT2D eigenvalue weighted by Crippen LogP contribution is 2.15. The standard InChI is InChI=1S/C27H29N5OS/c1-20-17-25(32-27(30-20)28-15-14-21-9-4-2-5-10-21)31-24(18-22-11-6-3-7-12-22)26(33)29-19-23-13-8-16-34-23/h2-13,16-17,24H,14-15,18-19H2,1H3,(H,29,33)(H2,28,30,31,32)/t24-/m0/s1. The average Bonchev–Trinajstić information content (AvgIpc) is 3.37. The van der Waals surface area contributed by atoms with Crippen LogP contribution in [0.25, 0.3) is 0 Å². The van der Waals surface area contributed by atoms with Crippen LogP contribution in [0, 0.1) is 6.92 Å². The van der Waals surface area contributed by atoms with Crippen LogP contribution in [0.2, 0.25) is 0 Å². The number of hydrogen-bond donors (Lipinski definition) is 3. The molecule has 34 heavy (non-hydrogen) atoms. The number of aryl methyl sites for hydroxylation is 1. The highest BCUT2D eigenvalue weighted by Gasteiger charge is 2.20. The molecule has 1 amide bonds. The molecule has 1 atom stereocenters. The first kappa shape index (κ1) is 23.4. The number of benzene rings is 2. The van der Waals surface area contributed by atoms with Gasteiger partial charge in [0, 0.05) is 29.6 Å². The second-order valence-corrected chi connectivity index (χ2v) is 9.10. The maximum Gasteiger partial charge on any atom is 0.243 e. The second kappa shape index (κ2) is 12.0. The van der Waals surface area contributed by atoms with Gasteiger partial charge < -0.3 is 16.0 Å². The molecule has 4 rings (SSSR count). The van der Waals surface area contributed by atoms with E-state index < -0.39 is 6.04 Å². The number of anilines is 2. The third-order valence-electron chi connectivity index (χ3n) is 5.33. The number of nitrogens with zero attached hydrogens (tertiary/aromatic N) is 2. The van der Waals surface area contributed by atoms with Crippen molar-refractivity contribution < 1.29 is 4.79 Å². The summed E-state index contributed by atoms with van der Waals surface area (Å²) in [6.45, 7) is 3.17. The molecule has 2 heterocycles. The molecule has 2 aromatic carbocycles. The van der Waals surface area contributed by atoms with Crippen LogP contribution in [0.4, 0.5) is 11.8 Å². The van der Waals surface area contributed by atoms with E-state index >= 15 is 0 Å². The van der Waals surface area contributed by atoms with Gasteiger partial charge in [0.25, 0.3) is 0 Å². The first-order valence-electron chi connectivity index (χ1n) is 11.4. The summed E-state index contributed by atoms with van der Waals surface area (Å²) >= 11 is 1.63. The molecule has 0 aliphatic carbocycles. The lowest BCUT2D eigenvalue weighted by atomic mass is 10.1. The number of hydrogen-bond acceptors (Lipinski definition) is 6. The number of thiophene rings is 1. The Balaban J connectivity index is 1.44. The molecule has 2 aromatic heterocycles. The second-order valence-electron chi connectivity index (χ2n) is 8.06. The summed E-state index contributed by atoms with van der Waals surface area (Å²) in [7, 11) is 0. The normalized spacial score (nSPS) is 11.6. The predicted octanol–water partition coefficient (Wildman–Crippen LogP) is 4.84. The van der Waals surface area contributed by atoms with Crippen LogP contribution in [0.3, 0.4) is 0 Å². The minimum Gasteiger partial charge on any atom is -0.358 e. The quantitative estimate of drug-likeness (QED) is 0.292. The Bertz CT molecular complexity index is 1170. The Hall–Kier alpha value is -3.71. The number of amides is 1. The van der Waals surface area contributed by atoms with Gasteiger partial charge in [-0.1, -0.05) is 66.7 Å². The zero-order valence-corrected chi connectivity index (χ0v) is 20.0. The van der Waals surface area contributed by atoms with Crippen molar-refractivity contribution >= 4 is 29.0 Å². The topological polar surface area (TPSA) is 78.9 Å². The Labute approximate surface area is 204 Å². The molecule has 0 saturated carbocycles. The summed E-state index contributed by atoms with van der Waals surface area (Å²) in [4.78, 5) is 23.4. The van der Waals surface area contributed by atoms with Crippen LogP contribution in [0.15, 0.2) is 84.2 Å². The summed E-state index contributed by atoms with van der Waals surface area (Å²) in [6, 6.07) is 25.7. The fourth-order valence-corrected chi connectivity index (χ4v) is 4.28. The molecule has 0 saturated heterocycles. The summed E-state index contributed by atoms with van der Waals surface area (Å²) in [6.07, 6.45) is 1.43. The van der Waals surface area contributed by atoms with Crippen molar-refractivity contribution in [1.82, 2.24) is 15.3 Å². The lowest BCUT2D eigenvalue weighted by Crippen LogP contribution is -2.41. The van der Waals surface area contributed by atoms with E-state index in [1.807, 2.05) is 79.0 Å². The van der Waals surface area contributed by atoms with Crippen LogP contribution in [-0.2, 0) is 24.2 Å². The maximum atomic E-state index is 13.1. The third-order valence-corrected chi connectivity index (χ3v) is 6.21. The average molecular weight is 472 g/mol. The van der Waals surface area contributed by atoms with Crippen molar-refractivity contribution in [2.75, 3.05) is 17.2 Å². The van der Waals surface area contributed by atoms with Crippen LogP contribution < -0.4 is 16.0 Å². The first-order chi connectivity index (χ1) is 16.7. The smallest absolute Gasteiger partial charge is 0.243 e. The Morgan fingerprint density at radius 3 is 2.38 bits per heavy atom. The van der Waals surface area contributed by atoms with E-state index in [4.69, 9.17) is 0 Å². The minimum absolute atomic E-state index is 0.0629. The van der Waals surface area contributed by atoms with Gasteiger partial charge in [0.05, 0.1) is 6.54 Å². The number of nitrogens with one attached hydrogen (secondary N) is 3. The fourth-order valence-electron chi connectivity index (χ4n) is 3.63. The molecule has 6 nitrogen and oxygen atoms in total. The molecule has 0 bridgehead atoms. The molecule has 0 aliphatic heterocycles. The van der Waals surface area contributed by atoms with Crippen molar-refractivity contribution in [3.8, 4) is 0 Å². The largest absolute Gasteiger partial charge is 0.358 e. The molecule has 0 aliphatic rings. The van der Waals surface area contributed by atoms with Crippen molar-refractivity contribution in [1.29, 1.82) is 0 Å². The lowest BCUT2D eigenvalue weighted by molar-refractivity contribution is -0.122. The van der Waals surface area contributed by atoms with E-state index in [1.165, 1.54) is 5.56 Å². The van der Waals surface area contributed by atoms with E-state index in [9.17, 15) is 4.79 Å². The van der Waals surface area contributed by atoms with E-state index in [0.717, 1.165) is 29.1 Å². The maximum absolute atomic E-state index is 13.1. The van der Waals surface area contributed by atoms with Crippen molar-refractivity contribution in [3.63, 3.8) is 0 Å². The van der Waals surface area contributed by atoms with Crippen molar-refractivity contribution in [3.05, 3.63) is 106 Å². The van der Waals surface area contributed by atoms with E-state index in [0.29, 0.717) is 24.7 Å². The van der Waals surface area contributed by atoms with Crippen LogP contribution in [0.1, 0.15) is 21.7 Å². The summed E-state index contributed by atoms with van der Waals surface area (Å²) < 4.78 is 0. The molecule has 0 spiro atoms. The van der Waals surface area contributed by atoms with Crippen LogP contribution in [0.5, 0.6) is 0 Å². The number of rotatable bonds is 11. The minimum atomic E-state index is -0.464. The molecule has 3 N–H and O–H groups in total. The van der Waals surface area contributed by atoms with Crippen LogP contribution >= 0.6 is 11.3 Å². The SMILES string of the molecule is Cc1cc(N[C@@H](Cc2ccccc2)C(=O)NCc2cccs2)nc(NCCc2ccccc2)n1. The van der Waals surface area contributed by atoms with Gasteiger partial charge in [-0.2, -0.15) is 4.98 Å². The highest BCUT2D eigenvalue weighted by molar-refractivity contribution is 7.09. The first-order valence-corrected chi connectivity index (χ1v) is 12.3. The van der Waals surface area contributed by atoms with E-state index in [2.05, 4.69) is 38.1 Å². The zero-order chi connectivity index (χ0) is 23.6. The van der Waals surface area contributed by atoms with Gasteiger partial charge in [-0.3, -0.25) is 4.79 Å². The zero-order valence-electron chi connectivity index (χ0n) is 19.2. The number of carbonyl (C=O) groups is 1. The molecule has 0 unspecified atom stereocenters. The highest BCUT2D eigenvalue weighted by atomic mass is 32.1. The third kappa shape index (κ3) is 7.15. The van der Waals surface area contributed by atoms with Crippen molar-refractivity contribution in [2.45, 2.75) is 32.4 Å². The molecule has 0 fully saturated rings. The van der Waals surface area contributed by atoms with Gasteiger partial charge in [0.15, 0.2) is 0 Å². The summed E-state index contributed by atoms with van der Waals surface area (Å²) in [5.41, 5.74) is 3.17. The molecular formula is C27H29N5OS. The Morgan fingerprint density at radius 2 is 1.68 bits per heavy atom. The molecule has 7 heteroatoms. The van der Waals surface area contributed by atoms with Gasteiger partial charge in [-0.15, -0.1) is 11.3 Å². The number of aromatic nitrogens is 2. The van der Waals surface area contributed by atoms with Gasteiger partial charge >= 0.3 is 0 Å². The number of carbonyl (C=O) groups excluding carboxylic acids is 1. The molecule has 4 aromatic rings. The summed E-state index contributed by atoms with van der Waals surface area (Å²) in [5, 5.41) is 11.7. The van der Waals surface area contributed by atoms with Gasteiger partial charge in [-0.05, 0) is 35.9 Å². The Kier molecular flexibility index (Phi) is 8.24. The van der Waals surface area contributed by atoms with E-state index in [1.54, 1.807) is 11.3 Å². The molecular weight excluding hydrogens is 442 g/mol. The van der Waals surface area contributed by atoms with Crippen molar-refractivity contribution in [2.24, 2.45) is 0 Å². The molecule has 0 radical (unpaired) electrons. The fraction of sp³-hybridized carbons (Fsp3) is 0.222. The predicted molar refractivity (Wildman–Crippen MR) is 139 cm³/mol. The monoisotopic (exact) mass is 471 g/mol. The lowest BCUT2D eigenvalue weighted by Gasteiger charge is -2.20. The Morgan fingerprint density at radius 1 is 0.941 bits per heavy atom. The van der Waals surface area contributed by atoms with Crippen LogP contribution in [-0.4, -0.2) is 28.5 Å². The van der Waals surface area contributed by atoms with E-state index in [-0.39, 0.29) is 5.91 Å². The van der Waals surface area contributed by atoms with Gasteiger partial charge in [-0.25, -0.2) is 4.98 Å². The summed E-state index contributed by atoms with van der Waals surface area (Å²) in [5.74, 6) is 1.12.